The van der Waals surface area contributed by atoms with Crippen LogP contribution in [0.2, 0.25) is 0 Å². The van der Waals surface area contributed by atoms with Crippen molar-refractivity contribution in [2.24, 2.45) is 0 Å². The minimum Gasteiger partial charge on any atom is -0.497 e. The number of hydrogen-bond acceptors (Lipinski definition) is 6. The van der Waals surface area contributed by atoms with E-state index in [1.54, 1.807) is 31.3 Å². The number of carbonyl (C=O) groups is 1. The van der Waals surface area contributed by atoms with Crippen molar-refractivity contribution in [3.05, 3.63) is 77.3 Å². The second kappa shape index (κ2) is 10.5. The van der Waals surface area contributed by atoms with Crippen molar-refractivity contribution >= 4 is 5.91 Å². The van der Waals surface area contributed by atoms with Gasteiger partial charge >= 0.3 is 0 Å². The molecule has 0 radical (unpaired) electrons. The summed E-state index contributed by atoms with van der Waals surface area (Å²) in [5.41, 5.74) is 2.20. The summed E-state index contributed by atoms with van der Waals surface area (Å²) >= 11 is 0. The highest BCUT2D eigenvalue weighted by Gasteiger charge is 2.23. The number of rotatable bonds is 9. The lowest BCUT2D eigenvalue weighted by Gasteiger charge is -2.22. The Hall–Kier alpha value is -3.39. The van der Waals surface area contributed by atoms with E-state index in [9.17, 15) is 9.18 Å². The number of amides is 1. The van der Waals surface area contributed by atoms with Crippen LogP contribution in [-0.2, 0) is 19.6 Å². The third kappa shape index (κ3) is 5.70. The number of benzene rings is 2. The zero-order valence-corrected chi connectivity index (χ0v) is 18.9. The fourth-order valence-electron chi connectivity index (χ4n) is 4.02. The average Bonchev–Trinajstić information content (AvgIpc) is 3.53. The lowest BCUT2D eigenvalue weighted by molar-refractivity contribution is 0.0787. The van der Waals surface area contributed by atoms with Crippen molar-refractivity contribution in [1.82, 2.24) is 14.8 Å². The van der Waals surface area contributed by atoms with Crippen molar-refractivity contribution in [2.75, 3.05) is 27.3 Å². The smallest absolute Gasteiger partial charge is 0.275 e. The van der Waals surface area contributed by atoms with Crippen LogP contribution in [0.5, 0.6) is 11.5 Å². The van der Waals surface area contributed by atoms with E-state index in [4.69, 9.17) is 13.9 Å². The summed E-state index contributed by atoms with van der Waals surface area (Å²) in [5.74, 6) is 1.53. The van der Waals surface area contributed by atoms with Gasteiger partial charge in [-0.25, -0.2) is 9.37 Å². The lowest BCUT2D eigenvalue weighted by atomic mass is 10.1. The zero-order valence-electron chi connectivity index (χ0n) is 18.9. The number of ether oxygens (including phenoxy) is 2. The second-order valence-corrected chi connectivity index (χ2v) is 8.08. The largest absolute Gasteiger partial charge is 0.497 e. The number of aromatic nitrogens is 1. The molecule has 0 unspecified atom stereocenters. The monoisotopic (exact) mass is 453 g/mol. The fourth-order valence-corrected chi connectivity index (χ4v) is 4.02. The first-order valence-electron chi connectivity index (χ1n) is 11.0. The van der Waals surface area contributed by atoms with Crippen LogP contribution in [0.15, 0.2) is 53.1 Å². The van der Waals surface area contributed by atoms with Crippen LogP contribution in [0.1, 0.15) is 40.3 Å². The molecule has 3 aromatic rings. The Morgan fingerprint density at radius 2 is 1.82 bits per heavy atom. The molecule has 0 bridgehead atoms. The summed E-state index contributed by atoms with van der Waals surface area (Å²) in [7, 11) is 3.24. The molecule has 0 spiro atoms. The van der Waals surface area contributed by atoms with Crippen LogP contribution in [0.3, 0.4) is 0 Å². The van der Waals surface area contributed by atoms with Crippen LogP contribution >= 0.6 is 0 Å². The minimum atomic E-state index is -0.280. The number of oxazole rings is 1. The van der Waals surface area contributed by atoms with Crippen molar-refractivity contribution in [2.45, 2.75) is 32.5 Å². The van der Waals surface area contributed by atoms with Gasteiger partial charge in [0.05, 0.1) is 20.8 Å². The van der Waals surface area contributed by atoms with Crippen LogP contribution in [0.25, 0.3) is 0 Å². The van der Waals surface area contributed by atoms with Crippen LogP contribution in [-0.4, -0.2) is 48.0 Å². The molecule has 0 atom stereocenters. The quantitative estimate of drug-likeness (QED) is 0.482. The maximum atomic E-state index is 13.4. The molecule has 7 nitrogen and oxygen atoms in total. The number of methoxy groups -OCH3 is 2. The summed E-state index contributed by atoms with van der Waals surface area (Å²) in [4.78, 5) is 21.0. The summed E-state index contributed by atoms with van der Waals surface area (Å²) in [6.45, 7) is 2.92. The molecule has 174 valence electrons. The molecule has 1 aliphatic rings. The van der Waals surface area contributed by atoms with E-state index in [0.29, 0.717) is 31.2 Å². The Kier molecular flexibility index (Phi) is 7.24. The topological polar surface area (TPSA) is 68.0 Å². The van der Waals surface area contributed by atoms with Crippen LogP contribution < -0.4 is 9.47 Å². The van der Waals surface area contributed by atoms with Gasteiger partial charge in [-0.05, 0) is 48.7 Å². The van der Waals surface area contributed by atoms with E-state index in [2.05, 4.69) is 9.88 Å². The Bertz CT molecular complexity index is 1080. The Balaban J connectivity index is 1.55. The third-order valence-corrected chi connectivity index (χ3v) is 5.72. The van der Waals surface area contributed by atoms with Gasteiger partial charge in [-0.3, -0.25) is 9.69 Å². The number of nitrogens with zero attached hydrogens (tertiary/aromatic N) is 3. The van der Waals surface area contributed by atoms with E-state index >= 15 is 0 Å². The van der Waals surface area contributed by atoms with Crippen molar-refractivity contribution in [3.63, 3.8) is 0 Å². The van der Waals surface area contributed by atoms with Crippen LogP contribution in [0.4, 0.5) is 4.39 Å². The van der Waals surface area contributed by atoms with Gasteiger partial charge in [0, 0.05) is 31.7 Å². The maximum Gasteiger partial charge on any atom is 0.275 e. The van der Waals surface area contributed by atoms with Gasteiger partial charge in [0.2, 0.25) is 5.89 Å². The summed E-state index contributed by atoms with van der Waals surface area (Å²) < 4.78 is 30.0. The second-order valence-electron chi connectivity index (χ2n) is 8.08. The zero-order chi connectivity index (χ0) is 23.2. The molecular weight excluding hydrogens is 425 g/mol. The van der Waals surface area contributed by atoms with E-state index in [1.807, 2.05) is 18.2 Å². The standard InChI is InChI=1S/C25H28FN3O4/c1-31-21-9-10-23(32-2)19(13-21)15-28(14-18-5-7-20(26)8-6-18)16-24-27-22(17-33-24)25(30)29-11-3-4-12-29/h5-10,13,17H,3-4,11-12,14-16H2,1-2H3. The van der Waals surface area contributed by atoms with Crippen molar-refractivity contribution < 1.29 is 23.1 Å². The first-order chi connectivity index (χ1) is 16.1. The van der Waals surface area contributed by atoms with E-state index < -0.39 is 0 Å². The van der Waals surface area contributed by atoms with Gasteiger partial charge in [-0.2, -0.15) is 0 Å². The molecule has 8 heteroatoms. The molecule has 1 fully saturated rings. The molecule has 1 saturated heterocycles. The number of likely N-dealkylation sites (tertiary alicyclic amines) is 1. The van der Waals surface area contributed by atoms with Crippen LogP contribution in [0, 0.1) is 5.82 Å². The summed E-state index contributed by atoms with van der Waals surface area (Å²) in [5, 5.41) is 0. The third-order valence-electron chi connectivity index (χ3n) is 5.72. The van der Waals surface area contributed by atoms with E-state index in [1.165, 1.54) is 18.4 Å². The fraction of sp³-hybridized carbons (Fsp3) is 0.360. The number of hydrogen-bond donors (Lipinski definition) is 0. The SMILES string of the molecule is COc1ccc(OC)c(CN(Cc2ccc(F)cc2)Cc2nc(C(=O)N3CCCC3)co2)c1. The van der Waals surface area contributed by atoms with E-state index in [-0.39, 0.29) is 11.7 Å². The lowest BCUT2D eigenvalue weighted by Crippen LogP contribution is -2.28. The molecule has 1 aromatic heterocycles. The molecule has 33 heavy (non-hydrogen) atoms. The van der Waals surface area contributed by atoms with Crippen molar-refractivity contribution in [1.29, 1.82) is 0 Å². The normalized spacial score (nSPS) is 13.5. The Labute approximate surface area is 192 Å². The van der Waals surface area contributed by atoms with Gasteiger partial charge in [0.1, 0.15) is 23.6 Å². The highest BCUT2D eigenvalue weighted by Crippen LogP contribution is 2.26. The highest BCUT2D eigenvalue weighted by atomic mass is 19.1. The number of carbonyl (C=O) groups excluding carboxylic acids is 1. The van der Waals surface area contributed by atoms with Gasteiger partial charge < -0.3 is 18.8 Å². The number of halogens is 1. The van der Waals surface area contributed by atoms with Gasteiger partial charge in [-0.15, -0.1) is 0 Å². The Morgan fingerprint density at radius 1 is 1.06 bits per heavy atom. The van der Waals surface area contributed by atoms with Gasteiger partial charge in [-0.1, -0.05) is 12.1 Å². The van der Waals surface area contributed by atoms with E-state index in [0.717, 1.165) is 48.6 Å². The molecule has 0 aliphatic carbocycles. The molecule has 1 aliphatic heterocycles. The van der Waals surface area contributed by atoms with Gasteiger partial charge in [0.25, 0.3) is 5.91 Å². The summed E-state index contributed by atoms with van der Waals surface area (Å²) in [6, 6.07) is 12.0. The molecule has 2 aromatic carbocycles. The molecule has 0 N–H and O–H groups in total. The molecular formula is C25H28FN3O4. The molecule has 2 heterocycles. The predicted octanol–water partition coefficient (Wildman–Crippen LogP) is 4.27. The van der Waals surface area contributed by atoms with Gasteiger partial charge in [0.15, 0.2) is 5.69 Å². The molecule has 4 rings (SSSR count). The average molecular weight is 454 g/mol. The first-order valence-corrected chi connectivity index (χ1v) is 11.0. The minimum absolute atomic E-state index is 0.0953. The first kappa shape index (κ1) is 22.8. The molecule has 1 amide bonds. The molecule has 0 saturated carbocycles. The highest BCUT2D eigenvalue weighted by molar-refractivity contribution is 5.92. The Morgan fingerprint density at radius 3 is 2.52 bits per heavy atom. The predicted molar refractivity (Wildman–Crippen MR) is 121 cm³/mol. The summed E-state index contributed by atoms with van der Waals surface area (Å²) in [6.07, 6.45) is 3.47. The van der Waals surface area contributed by atoms with Crippen molar-refractivity contribution in [3.8, 4) is 11.5 Å². The maximum absolute atomic E-state index is 13.4.